The summed E-state index contributed by atoms with van der Waals surface area (Å²) in [6.07, 6.45) is 52.5. The quantitative estimate of drug-likeness (QED) is 0.0198. The molecule has 0 aromatic rings. The number of amides is 6. The standard InChI is InChI=1S/C36H69N3O4.C35H67N3O4.2CH4/c1-6-8-9-10-11-12-13-14-15-16-17-18-19-20-21-22-25-37-33(40)39-32-28-35(3,4)30-36(5,29-32)31-38-34(41)43-27-24-23-26-42-7-2;1-6-8-9-10-11-12-13-14-15-16-17-18-19-20-21-22-23-36-32(39)38-31-27-34(3,4)29-35(5,28-31)30-37-33(40)42-26-25-41-24-7-2;;/h7,32H,2,6,8-31H2,1,3-5H3,(H,38,41)(H2,37,39,40);7,31H,2,6,8-30H2,1,3-5H3,(H,37,40)(H2,36,38,39);2*1H4. The summed E-state index contributed by atoms with van der Waals surface area (Å²) in [6.45, 7) is 29.5. The maximum atomic E-state index is 12.6. The van der Waals surface area contributed by atoms with E-state index in [2.05, 4.69) is 100 Å². The summed E-state index contributed by atoms with van der Waals surface area (Å²) in [7, 11) is 0. The molecule has 4 atom stereocenters. The van der Waals surface area contributed by atoms with E-state index in [1.165, 1.54) is 199 Å². The van der Waals surface area contributed by atoms with Crippen LogP contribution in [0.2, 0.25) is 0 Å². The number of hydrogen-bond donors (Lipinski definition) is 6. The monoisotopic (exact) mass is 1230 g/mol. The fourth-order valence-corrected chi connectivity index (χ4v) is 13.5. The van der Waals surface area contributed by atoms with Gasteiger partial charge in [-0.2, -0.15) is 0 Å². The third-order valence-electron chi connectivity index (χ3n) is 17.2. The van der Waals surface area contributed by atoms with Gasteiger partial charge in [0, 0.05) is 38.3 Å². The Morgan fingerprint density at radius 3 is 1.07 bits per heavy atom. The minimum absolute atomic E-state index is 0. The second kappa shape index (κ2) is 55.2. The van der Waals surface area contributed by atoms with Crippen molar-refractivity contribution in [1.29, 1.82) is 0 Å². The highest BCUT2D eigenvalue weighted by molar-refractivity contribution is 5.74. The third-order valence-corrected chi connectivity index (χ3v) is 17.2. The molecule has 87 heavy (non-hydrogen) atoms. The van der Waals surface area contributed by atoms with E-state index in [4.69, 9.17) is 18.9 Å². The number of carbonyl (C=O) groups excluding carboxylic acids is 4. The molecule has 2 saturated carbocycles. The van der Waals surface area contributed by atoms with Crippen molar-refractivity contribution in [3.63, 3.8) is 0 Å². The second-order valence-electron chi connectivity index (χ2n) is 28.0. The van der Waals surface area contributed by atoms with Crippen LogP contribution in [0.15, 0.2) is 25.5 Å². The summed E-state index contributed by atoms with van der Waals surface area (Å²) in [5.41, 5.74) is -0.0745. The predicted molar refractivity (Wildman–Crippen MR) is 370 cm³/mol. The highest BCUT2D eigenvalue weighted by atomic mass is 16.6. The molecule has 0 heterocycles. The van der Waals surface area contributed by atoms with Gasteiger partial charge >= 0.3 is 24.2 Å². The molecule has 0 bridgehead atoms. The molecule has 2 aliphatic rings. The van der Waals surface area contributed by atoms with Gasteiger partial charge in [0.25, 0.3) is 0 Å². The van der Waals surface area contributed by atoms with Gasteiger partial charge in [-0.05, 0) is 85.9 Å². The lowest BCUT2D eigenvalue weighted by Gasteiger charge is -2.46. The Kier molecular flexibility index (Phi) is 54.2. The Labute approximate surface area is 537 Å². The number of unbranched alkanes of at least 4 members (excludes halogenated alkanes) is 31. The molecule has 14 nitrogen and oxygen atoms in total. The average Bonchev–Trinajstić information content (AvgIpc) is 1.28. The molecule has 4 unspecified atom stereocenters. The number of nitrogens with one attached hydrogen (secondary N) is 6. The van der Waals surface area contributed by atoms with Gasteiger partial charge in [-0.15, -0.1) is 6.58 Å². The summed E-state index contributed by atoms with van der Waals surface area (Å²) < 4.78 is 20.8. The molecular weight excluding hydrogens is 1090 g/mol. The van der Waals surface area contributed by atoms with E-state index in [1.54, 1.807) is 6.08 Å². The van der Waals surface area contributed by atoms with Crippen LogP contribution >= 0.6 is 0 Å². The number of carbonyl (C=O) groups is 4. The van der Waals surface area contributed by atoms with Gasteiger partial charge in [0.15, 0.2) is 0 Å². The minimum atomic E-state index is -0.428. The fourth-order valence-electron chi connectivity index (χ4n) is 13.5. The number of ether oxygens (including phenoxy) is 4. The highest BCUT2D eigenvalue weighted by Crippen LogP contribution is 2.47. The Hall–Kier alpha value is -3.68. The largest absolute Gasteiger partial charge is 0.502 e. The van der Waals surface area contributed by atoms with Crippen molar-refractivity contribution in [3.8, 4) is 0 Å². The van der Waals surface area contributed by atoms with Crippen molar-refractivity contribution in [1.82, 2.24) is 31.9 Å². The van der Waals surface area contributed by atoms with E-state index in [-0.39, 0.29) is 73.4 Å². The van der Waals surface area contributed by atoms with Crippen molar-refractivity contribution >= 4 is 24.2 Å². The highest BCUT2D eigenvalue weighted by Gasteiger charge is 2.43. The molecule has 0 aromatic heterocycles. The lowest BCUT2D eigenvalue weighted by Crippen LogP contribution is -2.52. The average molecular weight is 1230 g/mol. The minimum Gasteiger partial charge on any atom is -0.502 e. The second-order valence-corrected chi connectivity index (χ2v) is 28.0. The molecule has 0 aromatic carbocycles. The zero-order valence-electron chi connectivity index (χ0n) is 56.6. The fraction of sp³-hybridized carbons (Fsp3) is 0.890. The molecule has 6 amide bonds. The Bertz CT molecular complexity index is 1680. The zero-order chi connectivity index (χ0) is 62.6. The SMILES string of the molecule is C.C.C=CCOCCOC(=O)NCC1(C)CC(NC(=O)NCCCCCCCCCCCCCCCCCC)CC(C)(C)C1.C=COCCCCOC(=O)NCC1(C)CC(NC(=O)NCCCCCCCCCCCCCCCCCC)CC(C)(C)C1. The number of hydrogen-bond acceptors (Lipinski definition) is 8. The first-order chi connectivity index (χ1) is 40.9. The van der Waals surface area contributed by atoms with Gasteiger partial charge in [-0.3, -0.25) is 0 Å². The number of rotatable bonds is 51. The van der Waals surface area contributed by atoms with E-state index in [9.17, 15) is 19.2 Å². The van der Waals surface area contributed by atoms with Crippen LogP contribution < -0.4 is 31.9 Å². The van der Waals surface area contributed by atoms with E-state index in [0.29, 0.717) is 39.5 Å². The van der Waals surface area contributed by atoms with Crippen LogP contribution in [0.1, 0.15) is 327 Å². The summed E-state index contributed by atoms with van der Waals surface area (Å²) in [4.78, 5) is 49.6. The van der Waals surface area contributed by atoms with Crippen LogP contribution in [0.4, 0.5) is 19.2 Å². The van der Waals surface area contributed by atoms with Crippen molar-refractivity contribution < 1.29 is 38.1 Å². The van der Waals surface area contributed by atoms with Crippen LogP contribution in [0.25, 0.3) is 0 Å². The van der Waals surface area contributed by atoms with E-state index in [1.807, 2.05) is 0 Å². The Morgan fingerprint density at radius 2 is 0.736 bits per heavy atom. The third kappa shape index (κ3) is 51.7. The van der Waals surface area contributed by atoms with Crippen molar-refractivity contribution in [2.75, 3.05) is 59.2 Å². The smallest absolute Gasteiger partial charge is 0.407 e. The number of urea groups is 2. The Morgan fingerprint density at radius 1 is 0.414 bits per heavy atom. The van der Waals surface area contributed by atoms with E-state index >= 15 is 0 Å². The maximum absolute atomic E-state index is 12.6. The summed E-state index contributed by atoms with van der Waals surface area (Å²) in [5.74, 6) is 0. The zero-order valence-corrected chi connectivity index (χ0v) is 56.6. The first-order valence-corrected chi connectivity index (χ1v) is 35.2. The van der Waals surface area contributed by atoms with Crippen molar-refractivity contribution in [2.24, 2.45) is 21.7 Å². The van der Waals surface area contributed by atoms with Crippen LogP contribution in [0, 0.1) is 21.7 Å². The lowest BCUT2D eigenvalue weighted by molar-refractivity contribution is 0.0625. The van der Waals surface area contributed by atoms with Crippen LogP contribution in [0.3, 0.4) is 0 Å². The molecule has 2 fully saturated rings. The van der Waals surface area contributed by atoms with Gasteiger partial charge in [-0.25, -0.2) is 19.2 Å². The Balaban J connectivity index is 0. The topological polar surface area (TPSA) is 177 Å². The predicted octanol–water partition coefficient (Wildman–Crippen LogP) is 20.1. The molecule has 0 aliphatic heterocycles. The van der Waals surface area contributed by atoms with Crippen LogP contribution in [-0.4, -0.2) is 95.5 Å². The van der Waals surface area contributed by atoms with Crippen LogP contribution in [0.5, 0.6) is 0 Å². The summed E-state index contributed by atoms with van der Waals surface area (Å²) in [6, 6.07) is 0.0172. The van der Waals surface area contributed by atoms with Gasteiger partial charge in [-0.1, -0.05) is 276 Å². The van der Waals surface area contributed by atoms with Gasteiger partial charge in [0.05, 0.1) is 32.7 Å². The first kappa shape index (κ1) is 85.4. The molecule has 0 spiro atoms. The van der Waals surface area contributed by atoms with Crippen molar-refractivity contribution in [2.45, 2.75) is 339 Å². The molecule has 2 rings (SSSR count). The first-order valence-electron chi connectivity index (χ1n) is 35.2. The van der Waals surface area contributed by atoms with Gasteiger partial charge in [0.1, 0.15) is 6.61 Å². The van der Waals surface area contributed by atoms with Gasteiger partial charge < -0.3 is 50.8 Å². The molecule has 0 saturated heterocycles. The molecule has 14 heteroatoms. The van der Waals surface area contributed by atoms with Gasteiger partial charge in [0.2, 0.25) is 0 Å². The molecule has 514 valence electrons. The number of alkyl carbamates (subject to hydrolysis) is 2. The maximum Gasteiger partial charge on any atom is 0.407 e. The molecule has 6 N–H and O–H groups in total. The van der Waals surface area contributed by atoms with E-state index < -0.39 is 6.09 Å². The van der Waals surface area contributed by atoms with E-state index in [0.717, 1.165) is 77.3 Å². The molecular formula is C73H144N6O8. The van der Waals surface area contributed by atoms with Crippen molar-refractivity contribution in [3.05, 3.63) is 25.5 Å². The molecule has 2 aliphatic carbocycles. The summed E-state index contributed by atoms with van der Waals surface area (Å²) >= 11 is 0. The molecule has 0 radical (unpaired) electrons. The summed E-state index contributed by atoms with van der Waals surface area (Å²) in [5, 5.41) is 18.4. The normalized spacial score (nSPS) is 19.1. The van der Waals surface area contributed by atoms with Crippen LogP contribution in [-0.2, 0) is 18.9 Å². The lowest BCUT2D eigenvalue weighted by atomic mass is 9.62.